The van der Waals surface area contributed by atoms with Crippen molar-refractivity contribution in [2.45, 2.75) is 32.9 Å². The molecule has 2 rings (SSSR count). The second kappa shape index (κ2) is 6.44. The topological polar surface area (TPSA) is 67.9 Å². The molecule has 0 spiro atoms. The predicted molar refractivity (Wildman–Crippen MR) is 81.0 cm³/mol. The van der Waals surface area contributed by atoms with E-state index in [9.17, 15) is 9.59 Å². The molecular formula is C14H20N2O4S. The molecule has 1 aromatic rings. The van der Waals surface area contributed by atoms with E-state index >= 15 is 0 Å². The number of ether oxygens (including phenoxy) is 2. The van der Waals surface area contributed by atoms with E-state index in [0.717, 1.165) is 4.88 Å². The lowest BCUT2D eigenvalue weighted by atomic mass is 10.2. The van der Waals surface area contributed by atoms with Crippen molar-refractivity contribution in [2.24, 2.45) is 0 Å². The molecule has 7 heteroatoms. The lowest BCUT2D eigenvalue weighted by molar-refractivity contribution is -0.0111. The summed E-state index contributed by atoms with van der Waals surface area (Å²) in [4.78, 5) is 26.9. The van der Waals surface area contributed by atoms with Gasteiger partial charge in [0.15, 0.2) is 0 Å². The summed E-state index contributed by atoms with van der Waals surface area (Å²) in [5, 5.41) is 3.35. The Balaban J connectivity index is 2.17. The number of morpholine rings is 1. The molecule has 1 aromatic heterocycles. The maximum Gasteiger partial charge on any atom is 0.340 e. The Kier molecular flexibility index (Phi) is 4.84. The fourth-order valence-electron chi connectivity index (χ4n) is 2.43. The molecule has 1 N–H and O–H groups in total. The van der Waals surface area contributed by atoms with Gasteiger partial charge in [-0.2, -0.15) is 0 Å². The van der Waals surface area contributed by atoms with Gasteiger partial charge in [0.1, 0.15) is 5.00 Å². The second-order valence-corrected chi connectivity index (χ2v) is 6.42. The molecule has 0 saturated carbocycles. The van der Waals surface area contributed by atoms with Gasteiger partial charge >= 0.3 is 12.0 Å². The van der Waals surface area contributed by atoms with Gasteiger partial charge in [-0.15, -0.1) is 11.3 Å². The average molecular weight is 312 g/mol. The predicted octanol–water partition coefficient (Wildman–Crippen LogP) is 2.48. The zero-order valence-corrected chi connectivity index (χ0v) is 13.5. The van der Waals surface area contributed by atoms with Gasteiger partial charge < -0.3 is 14.4 Å². The van der Waals surface area contributed by atoms with Gasteiger partial charge in [-0.1, -0.05) is 0 Å². The van der Waals surface area contributed by atoms with Crippen LogP contribution in [0.15, 0.2) is 6.07 Å². The number of aryl methyl sites for hydroxylation is 1. The average Bonchev–Trinajstić information content (AvgIpc) is 2.78. The molecule has 0 aromatic carbocycles. The number of nitrogens with one attached hydrogen (secondary N) is 1. The highest BCUT2D eigenvalue weighted by Gasteiger charge is 2.30. The second-order valence-electron chi connectivity index (χ2n) is 5.16. The number of hydrogen-bond acceptors (Lipinski definition) is 5. The highest BCUT2D eigenvalue weighted by molar-refractivity contribution is 7.16. The van der Waals surface area contributed by atoms with E-state index in [-0.39, 0.29) is 18.1 Å². The van der Waals surface area contributed by atoms with Crippen molar-refractivity contribution in [3.05, 3.63) is 16.5 Å². The van der Waals surface area contributed by atoms with Gasteiger partial charge in [0.2, 0.25) is 0 Å². The summed E-state index contributed by atoms with van der Waals surface area (Å²) in [7, 11) is 1.33. The summed E-state index contributed by atoms with van der Waals surface area (Å²) in [6.07, 6.45) is 0. The first-order valence-corrected chi connectivity index (χ1v) is 7.61. The molecule has 21 heavy (non-hydrogen) atoms. The van der Waals surface area contributed by atoms with Crippen LogP contribution >= 0.6 is 11.3 Å². The molecule has 0 aliphatic carbocycles. The third kappa shape index (κ3) is 3.36. The van der Waals surface area contributed by atoms with Crippen LogP contribution in [0.2, 0.25) is 0 Å². The number of esters is 1. The fourth-order valence-corrected chi connectivity index (χ4v) is 3.32. The Morgan fingerprint density at radius 1 is 1.38 bits per heavy atom. The Labute approximate surface area is 128 Å². The number of thiophene rings is 1. The maximum absolute atomic E-state index is 12.5. The molecule has 1 aliphatic rings. The Hall–Kier alpha value is -1.60. The summed E-state index contributed by atoms with van der Waals surface area (Å²) >= 11 is 1.36. The lowest BCUT2D eigenvalue weighted by Crippen LogP contribution is -2.54. The number of methoxy groups -OCH3 is 1. The van der Waals surface area contributed by atoms with Crippen molar-refractivity contribution < 1.29 is 19.1 Å². The quantitative estimate of drug-likeness (QED) is 0.852. The Bertz CT molecular complexity index is 533. The minimum Gasteiger partial charge on any atom is -0.465 e. The van der Waals surface area contributed by atoms with Crippen LogP contribution in [0.1, 0.15) is 29.1 Å². The van der Waals surface area contributed by atoms with Crippen LogP contribution in [-0.2, 0) is 9.47 Å². The maximum atomic E-state index is 12.5. The molecule has 1 aliphatic heterocycles. The number of carbonyl (C=O) groups excluding carboxylic acids is 2. The first-order chi connectivity index (χ1) is 9.93. The van der Waals surface area contributed by atoms with E-state index in [4.69, 9.17) is 9.47 Å². The van der Waals surface area contributed by atoms with Gasteiger partial charge in [-0.25, -0.2) is 9.59 Å². The third-order valence-electron chi connectivity index (χ3n) is 3.38. The number of carbonyl (C=O) groups is 2. The standard InChI is InChI=1S/C14H20N2O4S/c1-8-6-20-7-9(2)16(8)14(18)15-12-11(13(17)19-4)5-10(3)21-12/h5,8-9H,6-7H2,1-4H3,(H,15,18)/t8-,9-/m0/s1. The van der Waals surface area contributed by atoms with Crippen molar-refractivity contribution in [1.29, 1.82) is 0 Å². The molecule has 2 heterocycles. The summed E-state index contributed by atoms with van der Waals surface area (Å²) in [5.74, 6) is -0.447. The highest BCUT2D eigenvalue weighted by atomic mass is 32.1. The summed E-state index contributed by atoms with van der Waals surface area (Å²) in [6, 6.07) is 1.50. The van der Waals surface area contributed by atoms with Crippen molar-refractivity contribution in [1.82, 2.24) is 4.90 Å². The van der Waals surface area contributed by atoms with E-state index in [1.807, 2.05) is 20.8 Å². The number of rotatable bonds is 2. The van der Waals surface area contributed by atoms with Gasteiger partial charge in [-0.05, 0) is 26.8 Å². The summed E-state index contributed by atoms with van der Waals surface area (Å²) in [6.45, 7) is 6.80. The van der Waals surface area contributed by atoms with Crippen LogP contribution in [0.3, 0.4) is 0 Å². The first-order valence-electron chi connectivity index (χ1n) is 6.79. The van der Waals surface area contributed by atoms with Crippen LogP contribution in [0, 0.1) is 6.92 Å². The van der Waals surface area contributed by atoms with Crippen LogP contribution in [-0.4, -0.2) is 49.3 Å². The van der Waals surface area contributed by atoms with Crippen molar-refractivity contribution >= 4 is 28.3 Å². The molecule has 0 bridgehead atoms. The monoisotopic (exact) mass is 312 g/mol. The van der Waals surface area contributed by atoms with Gasteiger partial charge in [0, 0.05) is 4.88 Å². The molecule has 2 amide bonds. The number of amides is 2. The van der Waals surface area contributed by atoms with E-state index in [1.165, 1.54) is 18.4 Å². The molecule has 1 saturated heterocycles. The fraction of sp³-hybridized carbons (Fsp3) is 0.571. The molecule has 6 nitrogen and oxygen atoms in total. The molecule has 2 atom stereocenters. The van der Waals surface area contributed by atoms with E-state index in [0.29, 0.717) is 23.8 Å². The summed E-state index contributed by atoms with van der Waals surface area (Å²) < 4.78 is 10.2. The molecule has 0 radical (unpaired) electrons. The third-order valence-corrected chi connectivity index (χ3v) is 4.35. The van der Waals surface area contributed by atoms with Crippen LogP contribution in [0.5, 0.6) is 0 Å². The van der Waals surface area contributed by atoms with Crippen LogP contribution < -0.4 is 5.32 Å². The molecule has 0 unspecified atom stereocenters. The van der Waals surface area contributed by atoms with Gasteiger partial charge in [-0.3, -0.25) is 5.32 Å². The van der Waals surface area contributed by atoms with Crippen molar-refractivity contribution in [2.75, 3.05) is 25.6 Å². The first kappa shape index (κ1) is 15.8. The minimum atomic E-state index is -0.447. The number of anilines is 1. The molecule has 1 fully saturated rings. The Morgan fingerprint density at radius 2 is 2.00 bits per heavy atom. The molecular weight excluding hydrogens is 292 g/mol. The van der Waals surface area contributed by atoms with Crippen molar-refractivity contribution in [3.8, 4) is 0 Å². The van der Waals surface area contributed by atoms with Crippen molar-refractivity contribution in [3.63, 3.8) is 0 Å². The summed E-state index contributed by atoms with van der Waals surface area (Å²) in [5.41, 5.74) is 0.391. The number of urea groups is 1. The van der Waals surface area contributed by atoms with E-state index in [2.05, 4.69) is 5.32 Å². The Morgan fingerprint density at radius 3 is 2.57 bits per heavy atom. The highest BCUT2D eigenvalue weighted by Crippen LogP contribution is 2.29. The normalized spacial score (nSPS) is 22.0. The zero-order valence-electron chi connectivity index (χ0n) is 12.6. The van der Waals surface area contributed by atoms with Gasteiger partial charge in [0.05, 0.1) is 38.0 Å². The smallest absolute Gasteiger partial charge is 0.340 e. The molecule has 116 valence electrons. The van der Waals surface area contributed by atoms with E-state index in [1.54, 1.807) is 11.0 Å². The number of hydrogen-bond donors (Lipinski definition) is 1. The van der Waals surface area contributed by atoms with Crippen LogP contribution in [0.25, 0.3) is 0 Å². The largest absolute Gasteiger partial charge is 0.465 e. The minimum absolute atomic E-state index is 0.00335. The van der Waals surface area contributed by atoms with Gasteiger partial charge in [0.25, 0.3) is 0 Å². The lowest BCUT2D eigenvalue weighted by Gasteiger charge is -2.38. The zero-order chi connectivity index (χ0) is 15.6. The van der Waals surface area contributed by atoms with E-state index < -0.39 is 5.97 Å². The van der Waals surface area contributed by atoms with Crippen LogP contribution in [0.4, 0.5) is 9.80 Å². The number of nitrogens with zero attached hydrogens (tertiary/aromatic N) is 1. The SMILES string of the molecule is COC(=O)c1cc(C)sc1NC(=O)N1[C@@H](C)COC[C@@H]1C.